The van der Waals surface area contributed by atoms with E-state index in [1.165, 1.54) is 6.07 Å². The number of hydrogen-bond donors (Lipinski definition) is 0. The van der Waals surface area contributed by atoms with Crippen molar-refractivity contribution in [3.63, 3.8) is 0 Å². The van der Waals surface area contributed by atoms with E-state index >= 15 is 0 Å². The van der Waals surface area contributed by atoms with Crippen LogP contribution in [0.4, 0.5) is 4.39 Å². The molecule has 0 fully saturated rings. The summed E-state index contributed by atoms with van der Waals surface area (Å²) >= 11 is 0. The fourth-order valence-corrected chi connectivity index (χ4v) is 4.20. The zero-order valence-corrected chi connectivity index (χ0v) is 16.4. The minimum atomic E-state index is -0.401. The maximum atomic E-state index is 15.0. The van der Waals surface area contributed by atoms with Crippen LogP contribution in [0.3, 0.4) is 0 Å². The molecule has 0 amide bonds. The minimum absolute atomic E-state index is 0.302. The van der Waals surface area contributed by atoms with Gasteiger partial charge in [-0.25, -0.2) is 8.96 Å². The summed E-state index contributed by atoms with van der Waals surface area (Å²) in [5.41, 5.74) is 5.75. The zero-order chi connectivity index (χ0) is 20.4. The Balaban J connectivity index is 1.72. The first-order valence-corrected chi connectivity index (χ1v) is 9.68. The van der Waals surface area contributed by atoms with Gasteiger partial charge in [0.15, 0.2) is 17.4 Å². The van der Waals surface area contributed by atoms with Crippen molar-refractivity contribution in [3.8, 4) is 22.6 Å². The number of aromatic nitrogens is 1. The number of furan rings is 3. The third-order valence-corrected chi connectivity index (χ3v) is 5.66. The number of aryl methyl sites for hydroxylation is 2. The lowest BCUT2D eigenvalue weighted by Gasteiger charge is -2.04. The molecule has 0 aliphatic heterocycles. The molecule has 0 radical (unpaired) electrons. The minimum Gasteiger partial charge on any atom is -0.461 e. The van der Waals surface area contributed by atoms with Gasteiger partial charge in [-0.05, 0) is 30.7 Å². The van der Waals surface area contributed by atoms with Crippen molar-refractivity contribution in [3.05, 3.63) is 78.4 Å². The fourth-order valence-electron chi connectivity index (χ4n) is 4.20. The van der Waals surface area contributed by atoms with Gasteiger partial charge >= 0.3 is 0 Å². The van der Waals surface area contributed by atoms with E-state index < -0.39 is 5.82 Å². The molecule has 0 N–H and O–H groups in total. The van der Waals surface area contributed by atoms with E-state index in [-0.39, 0.29) is 0 Å². The molecule has 2 aromatic carbocycles. The lowest BCUT2D eigenvalue weighted by atomic mass is 10.00. The molecule has 4 nitrogen and oxygen atoms in total. The predicted octanol–water partition coefficient (Wildman–Crippen LogP) is 6.53. The van der Waals surface area contributed by atoms with E-state index in [0.29, 0.717) is 28.1 Å². The van der Waals surface area contributed by atoms with E-state index in [0.717, 1.165) is 33.2 Å². The second-order valence-corrected chi connectivity index (χ2v) is 7.49. The molecule has 0 saturated carbocycles. The number of hydrogen-bond acceptors (Lipinski definition) is 3. The molecule has 0 bridgehead atoms. The molecular formula is C25H17FNO3+. The van der Waals surface area contributed by atoms with Crippen molar-refractivity contribution >= 4 is 33.1 Å². The SMILES string of the molecule is Cc1ccc2c(oc3c(-c4cc5occc5o4)c(F)ccc32)c1-c1cccc[n+]1C. The Kier molecular flexibility index (Phi) is 3.45. The summed E-state index contributed by atoms with van der Waals surface area (Å²) in [4.78, 5) is 0. The monoisotopic (exact) mass is 398 g/mol. The summed E-state index contributed by atoms with van der Waals surface area (Å²) in [6.07, 6.45) is 3.55. The van der Waals surface area contributed by atoms with Gasteiger partial charge in [0, 0.05) is 35.0 Å². The third-order valence-electron chi connectivity index (χ3n) is 5.66. The number of fused-ring (bicyclic) bond motifs is 4. The standard InChI is InChI=1S/C25H17FNO3/c1-14-6-7-15-16-8-9-17(26)23(21-13-20-19(29-21)10-12-28-20)25(16)30-24(15)22(14)18-5-3-4-11-27(18)2/h3-13H,1-2H3/q+1. The van der Waals surface area contributed by atoms with Crippen LogP contribution in [0.2, 0.25) is 0 Å². The van der Waals surface area contributed by atoms with Gasteiger partial charge in [0.25, 0.3) is 0 Å². The molecule has 0 saturated heterocycles. The highest BCUT2D eigenvalue weighted by molar-refractivity contribution is 6.13. The number of benzene rings is 2. The van der Waals surface area contributed by atoms with Crippen LogP contribution in [-0.4, -0.2) is 0 Å². The molecule has 146 valence electrons. The highest BCUT2D eigenvalue weighted by Gasteiger charge is 2.24. The smallest absolute Gasteiger partial charge is 0.216 e. The average Bonchev–Trinajstić information content (AvgIpc) is 3.41. The molecule has 0 atom stereocenters. The van der Waals surface area contributed by atoms with Gasteiger partial charge in [-0.3, -0.25) is 0 Å². The van der Waals surface area contributed by atoms with Gasteiger partial charge < -0.3 is 13.3 Å². The number of pyridine rings is 1. The van der Waals surface area contributed by atoms with E-state index in [1.807, 2.05) is 31.4 Å². The first-order valence-electron chi connectivity index (χ1n) is 9.68. The Morgan fingerprint density at radius 1 is 0.833 bits per heavy atom. The maximum Gasteiger partial charge on any atom is 0.216 e. The second kappa shape index (κ2) is 6.07. The topological polar surface area (TPSA) is 43.3 Å². The van der Waals surface area contributed by atoms with Crippen LogP contribution in [0, 0.1) is 12.7 Å². The van der Waals surface area contributed by atoms with Gasteiger partial charge in [0.05, 0.1) is 17.4 Å². The maximum absolute atomic E-state index is 15.0. The van der Waals surface area contributed by atoms with Crippen molar-refractivity contribution in [2.75, 3.05) is 0 Å². The Bertz CT molecular complexity index is 1560. The Morgan fingerprint density at radius 3 is 2.43 bits per heavy atom. The zero-order valence-electron chi connectivity index (χ0n) is 16.4. The summed E-state index contributed by atoms with van der Waals surface area (Å²) in [5, 5.41) is 1.78. The molecular weight excluding hydrogens is 381 g/mol. The molecule has 0 spiro atoms. The first kappa shape index (κ1) is 17.0. The molecule has 0 unspecified atom stereocenters. The summed E-state index contributed by atoms with van der Waals surface area (Å²) < 4.78 is 34.6. The van der Waals surface area contributed by atoms with Crippen molar-refractivity contribution in [2.24, 2.45) is 7.05 Å². The highest BCUT2D eigenvalue weighted by atomic mass is 19.1. The quantitative estimate of drug-likeness (QED) is 0.311. The van der Waals surface area contributed by atoms with Gasteiger partial charge in [-0.15, -0.1) is 0 Å². The summed E-state index contributed by atoms with van der Waals surface area (Å²) in [6.45, 7) is 2.05. The Morgan fingerprint density at radius 2 is 1.63 bits per heavy atom. The van der Waals surface area contributed by atoms with Crippen molar-refractivity contribution in [2.45, 2.75) is 6.92 Å². The molecule has 0 aliphatic rings. The van der Waals surface area contributed by atoms with Gasteiger partial charge in [-0.2, -0.15) is 0 Å². The average molecular weight is 398 g/mol. The van der Waals surface area contributed by atoms with Crippen molar-refractivity contribution < 1.29 is 22.2 Å². The number of rotatable bonds is 2. The van der Waals surface area contributed by atoms with Crippen LogP contribution < -0.4 is 4.57 Å². The summed E-state index contributed by atoms with van der Waals surface area (Å²) in [7, 11) is 2.00. The highest BCUT2D eigenvalue weighted by Crippen LogP contribution is 2.42. The Hall–Kier alpha value is -3.86. The van der Waals surface area contributed by atoms with E-state index in [2.05, 4.69) is 23.6 Å². The summed E-state index contributed by atoms with van der Waals surface area (Å²) in [6, 6.07) is 16.8. The molecule has 4 heterocycles. The van der Waals surface area contributed by atoms with Crippen LogP contribution >= 0.6 is 0 Å². The van der Waals surface area contributed by atoms with Crippen molar-refractivity contribution in [1.29, 1.82) is 0 Å². The van der Waals surface area contributed by atoms with Crippen LogP contribution in [0.5, 0.6) is 0 Å². The van der Waals surface area contributed by atoms with Crippen LogP contribution in [-0.2, 0) is 7.05 Å². The van der Waals surface area contributed by atoms with Gasteiger partial charge in [-0.1, -0.05) is 12.1 Å². The molecule has 6 aromatic rings. The number of nitrogens with zero attached hydrogens (tertiary/aromatic N) is 1. The van der Waals surface area contributed by atoms with E-state index in [9.17, 15) is 4.39 Å². The molecule has 0 aliphatic carbocycles. The van der Waals surface area contributed by atoms with Crippen LogP contribution in [0.25, 0.3) is 55.7 Å². The van der Waals surface area contributed by atoms with Crippen LogP contribution in [0.1, 0.15) is 5.56 Å². The first-order chi connectivity index (χ1) is 14.6. The lowest BCUT2D eigenvalue weighted by molar-refractivity contribution is -0.660. The molecule has 30 heavy (non-hydrogen) atoms. The third kappa shape index (κ3) is 2.29. The van der Waals surface area contributed by atoms with Crippen LogP contribution in [0.15, 0.2) is 80.3 Å². The largest absolute Gasteiger partial charge is 0.461 e. The van der Waals surface area contributed by atoms with Gasteiger partial charge in [0.2, 0.25) is 5.69 Å². The molecule has 6 rings (SSSR count). The molecule has 5 heteroatoms. The normalized spacial score (nSPS) is 11.8. The molecule has 4 aromatic heterocycles. The number of halogens is 1. The second-order valence-electron chi connectivity index (χ2n) is 7.49. The fraction of sp³-hybridized carbons (Fsp3) is 0.0800. The van der Waals surface area contributed by atoms with E-state index in [4.69, 9.17) is 13.3 Å². The predicted molar refractivity (Wildman–Crippen MR) is 113 cm³/mol. The Labute approximate surface area is 170 Å². The van der Waals surface area contributed by atoms with E-state index in [1.54, 1.807) is 24.5 Å². The van der Waals surface area contributed by atoms with Crippen molar-refractivity contribution in [1.82, 2.24) is 0 Å². The lowest BCUT2D eigenvalue weighted by Crippen LogP contribution is -2.30. The summed E-state index contributed by atoms with van der Waals surface area (Å²) in [5.74, 6) is -0.0171. The van der Waals surface area contributed by atoms with Gasteiger partial charge in [0.1, 0.15) is 29.8 Å².